The van der Waals surface area contributed by atoms with E-state index in [4.69, 9.17) is 10.7 Å². The maximum absolute atomic E-state index is 12.6. The van der Waals surface area contributed by atoms with Crippen LogP contribution in [0.3, 0.4) is 0 Å². The second kappa shape index (κ2) is 6.90. The van der Waals surface area contributed by atoms with E-state index in [0.29, 0.717) is 24.5 Å². The Morgan fingerprint density at radius 3 is 2.72 bits per heavy atom. The third kappa shape index (κ3) is 3.21. The Hall–Kier alpha value is -3.38. The van der Waals surface area contributed by atoms with Gasteiger partial charge in [0.1, 0.15) is 5.82 Å². The van der Waals surface area contributed by atoms with E-state index in [2.05, 4.69) is 40.0 Å². The van der Waals surface area contributed by atoms with Crippen LogP contribution in [0.1, 0.15) is 22.5 Å². The maximum Gasteiger partial charge on any atom is 0.254 e. The van der Waals surface area contributed by atoms with E-state index < -0.39 is 0 Å². The number of H-pyrrole nitrogens is 2. The summed E-state index contributed by atoms with van der Waals surface area (Å²) in [4.78, 5) is 26.2. The Balaban J connectivity index is 1.46. The quantitative estimate of drug-likeness (QED) is 0.472. The minimum absolute atomic E-state index is 0.0373. The lowest BCUT2D eigenvalue weighted by molar-refractivity contribution is 0.241. The van der Waals surface area contributed by atoms with Crippen LogP contribution in [0.15, 0.2) is 53.3 Å². The normalized spacial score (nSPS) is 14.2. The largest absolute Gasteiger partial charge is 0.399 e. The number of aromatic nitrogens is 3. The lowest BCUT2D eigenvalue weighted by Gasteiger charge is -2.28. The molecule has 0 fully saturated rings. The number of nitrogens with one attached hydrogen (secondary N) is 2. The zero-order chi connectivity index (χ0) is 20.0. The summed E-state index contributed by atoms with van der Waals surface area (Å²) in [5.74, 6) is 0.596. The lowest BCUT2D eigenvalue weighted by Crippen LogP contribution is -2.35. The second-order valence-electron chi connectivity index (χ2n) is 7.70. The van der Waals surface area contributed by atoms with Gasteiger partial charge in [0.2, 0.25) is 0 Å². The smallest absolute Gasteiger partial charge is 0.254 e. The first-order valence-corrected chi connectivity index (χ1v) is 9.85. The summed E-state index contributed by atoms with van der Waals surface area (Å²) in [5.41, 5.74) is 12.6. The molecule has 3 heterocycles. The molecule has 1 aliphatic rings. The Morgan fingerprint density at radius 2 is 1.90 bits per heavy atom. The first kappa shape index (κ1) is 17.7. The van der Waals surface area contributed by atoms with E-state index in [0.717, 1.165) is 35.4 Å². The molecule has 6 nitrogen and oxygen atoms in total. The number of aromatic amines is 2. The van der Waals surface area contributed by atoms with Crippen LogP contribution in [0.4, 0.5) is 5.69 Å². The zero-order valence-corrected chi connectivity index (χ0v) is 16.3. The molecule has 0 saturated carbocycles. The van der Waals surface area contributed by atoms with Crippen molar-refractivity contribution in [2.24, 2.45) is 0 Å². The lowest BCUT2D eigenvalue weighted by atomic mass is 10.0. The van der Waals surface area contributed by atoms with Crippen molar-refractivity contribution in [1.82, 2.24) is 19.9 Å². The van der Waals surface area contributed by atoms with Crippen LogP contribution in [-0.2, 0) is 19.5 Å². The third-order valence-corrected chi connectivity index (χ3v) is 5.75. The summed E-state index contributed by atoms with van der Waals surface area (Å²) in [6, 6.07) is 15.8. The van der Waals surface area contributed by atoms with E-state index in [1.807, 2.05) is 30.3 Å². The number of aryl methyl sites for hydroxylation is 1. The Morgan fingerprint density at radius 1 is 1.10 bits per heavy atom. The van der Waals surface area contributed by atoms with E-state index in [1.165, 1.54) is 16.6 Å². The summed E-state index contributed by atoms with van der Waals surface area (Å²) in [6.45, 7) is 4.47. The summed E-state index contributed by atoms with van der Waals surface area (Å²) >= 11 is 0. The van der Waals surface area contributed by atoms with Gasteiger partial charge in [-0.2, -0.15) is 0 Å². The van der Waals surface area contributed by atoms with E-state index in [-0.39, 0.29) is 5.56 Å². The standard InChI is InChI=1S/C23H23N5O/c1-14-19(17-4-2-3-5-20(17)25-14)12-28-11-10-18-21(13-28)26-22(27-23(18)29)15-6-8-16(24)9-7-15/h2-9,25H,10-13,24H2,1H3,(H,26,27,29). The van der Waals surface area contributed by atoms with Gasteiger partial charge in [-0.05, 0) is 49.2 Å². The molecule has 6 heteroatoms. The zero-order valence-electron chi connectivity index (χ0n) is 16.3. The molecule has 1 aliphatic heterocycles. The number of fused-ring (bicyclic) bond motifs is 2. The van der Waals surface area contributed by atoms with Gasteiger partial charge in [0.05, 0.1) is 5.69 Å². The Bertz CT molecular complexity index is 1250. The number of nitrogens with zero attached hydrogens (tertiary/aromatic N) is 2. The number of hydrogen-bond donors (Lipinski definition) is 3. The summed E-state index contributed by atoms with van der Waals surface area (Å²) < 4.78 is 0. The van der Waals surface area contributed by atoms with E-state index in [1.54, 1.807) is 0 Å². The van der Waals surface area contributed by atoms with Crippen molar-refractivity contribution in [2.45, 2.75) is 26.4 Å². The number of para-hydroxylation sites is 1. The molecular formula is C23H23N5O. The van der Waals surface area contributed by atoms with Crippen LogP contribution in [0.25, 0.3) is 22.3 Å². The molecular weight excluding hydrogens is 362 g/mol. The molecule has 29 heavy (non-hydrogen) atoms. The SMILES string of the molecule is Cc1[nH]c2ccccc2c1CN1CCc2c(nc(-c3ccc(N)cc3)[nH]c2=O)C1. The molecule has 0 saturated heterocycles. The predicted molar refractivity (Wildman–Crippen MR) is 116 cm³/mol. The average Bonchev–Trinajstić information content (AvgIpc) is 3.03. The van der Waals surface area contributed by atoms with Crippen LogP contribution >= 0.6 is 0 Å². The maximum atomic E-state index is 12.6. The first-order chi connectivity index (χ1) is 14.1. The van der Waals surface area contributed by atoms with Gasteiger partial charge in [0, 0.05) is 53.0 Å². The van der Waals surface area contributed by atoms with Crippen molar-refractivity contribution in [1.29, 1.82) is 0 Å². The van der Waals surface area contributed by atoms with Gasteiger partial charge in [-0.15, -0.1) is 0 Å². The highest BCUT2D eigenvalue weighted by molar-refractivity contribution is 5.84. The summed E-state index contributed by atoms with van der Waals surface area (Å²) in [7, 11) is 0. The molecule has 0 atom stereocenters. The molecule has 2 aromatic carbocycles. The van der Waals surface area contributed by atoms with Crippen LogP contribution in [0.5, 0.6) is 0 Å². The van der Waals surface area contributed by atoms with Gasteiger partial charge in [0.25, 0.3) is 5.56 Å². The van der Waals surface area contributed by atoms with Gasteiger partial charge < -0.3 is 15.7 Å². The average molecular weight is 385 g/mol. The highest BCUT2D eigenvalue weighted by atomic mass is 16.1. The number of nitrogen functional groups attached to an aromatic ring is 1. The first-order valence-electron chi connectivity index (χ1n) is 9.85. The fourth-order valence-corrected chi connectivity index (χ4v) is 4.17. The predicted octanol–water partition coefficient (Wildman–Crippen LogP) is 3.37. The molecule has 0 bridgehead atoms. The van der Waals surface area contributed by atoms with E-state index in [9.17, 15) is 4.79 Å². The number of nitrogens with two attached hydrogens (primary N) is 1. The molecule has 0 amide bonds. The van der Waals surface area contributed by atoms with Crippen molar-refractivity contribution in [3.05, 3.63) is 81.4 Å². The summed E-state index contributed by atoms with van der Waals surface area (Å²) in [5, 5.41) is 1.26. The van der Waals surface area contributed by atoms with Gasteiger partial charge >= 0.3 is 0 Å². The molecule has 2 aromatic heterocycles. The van der Waals surface area contributed by atoms with Gasteiger partial charge in [-0.3, -0.25) is 9.69 Å². The Labute approximate surface area is 168 Å². The van der Waals surface area contributed by atoms with E-state index >= 15 is 0 Å². The van der Waals surface area contributed by atoms with Crippen LogP contribution in [0, 0.1) is 6.92 Å². The summed E-state index contributed by atoms with van der Waals surface area (Å²) in [6.07, 6.45) is 0.709. The highest BCUT2D eigenvalue weighted by Gasteiger charge is 2.23. The number of benzene rings is 2. The molecule has 4 aromatic rings. The Kier molecular flexibility index (Phi) is 4.21. The minimum atomic E-state index is -0.0373. The fraction of sp³-hybridized carbons (Fsp3) is 0.217. The van der Waals surface area contributed by atoms with Crippen LogP contribution < -0.4 is 11.3 Å². The van der Waals surface area contributed by atoms with Gasteiger partial charge in [-0.1, -0.05) is 18.2 Å². The number of hydrogen-bond acceptors (Lipinski definition) is 4. The van der Waals surface area contributed by atoms with Crippen molar-refractivity contribution >= 4 is 16.6 Å². The molecule has 0 aliphatic carbocycles. The number of rotatable bonds is 3. The van der Waals surface area contributed by atoms with Gasteiger partial charge in [0.15, 0.2) is 0 Å². The molecule has 0 spiro atoms. The molecule has 5 rings (SSSR count). The van der Waals surface area contributed by atoms with Crippen LogP contribution in [0.2, 0.25) is 0 Å². The van der Waals surface area contributed by atoms with Crippen LogP contribution in [-0.4, -0.2) is 26.4 Å². The number of anilines is 1. The van der Waals surface area contributed by atoms with Crippen molar-refractivity contribution in [3.8, 4) is 11.4 Å². The monoisotopic (exact) mass is 385 g/mol. The fourth-order valence-electron chi connectivity index (χ4n) is 4.17. The van der Waals surface area contributed by atoms with Crippen molar-refractivity contribution in [2.75, 3.05) is 12.3 Å². The minimum Gasteiger partial charge on any atom is -0.399 e. The van der Waals surface area contributed by atoms with Crippen molar-refractivity contribution in [3.63, 3.8) is 0 Å². The third-order valence-electron chi connectivity index (χ3n) is 5.75. The highest BCUT2D eigenvalue weighted by Crippen LogP contribution is 2.26. The molecule has 0 unspecified atom stereocenters. The molecule has 4 N–H and O–H groups in total. The topological polar surface area (TPSA) is 90.8 Å². The molecule has 0 radical (unpaired) electrons. The van der Waals surface area contributed by atoms with Gasteiger partial charge in [-0.25, -0.2) is 4.98 Å². The second-order valence-corrected chi connectivity index (χ2v) is 7.70. The van der Waals surface area contributed by atoms with Crippen molar-refractivity contribution < 1.29 is 0 Å². The molecule has 146 valence electrons.